The predicted molar refractivity (Wildman–Crippen MR) is 89.7 cm³/mol. The molecule has 0 saturated heterocycles. The van der Waals surface area contributed by atoms with Crippen LogP contribution in [0.4, 0.5) is 0 Å². The van der Waals surface area contributed by atoms with Crippen molar-refractivity contribution < 1.29 is 8.42 Å². The van der Waals surface area contributed by atoms with Gasteiger partial charge in [0.2, 0.25) is 10.0 Å². The second-order valence-electron chi connectivity index (χ2n) is 4.54. The summed E-state index contributed by atoms with van der Waals surface area (Å²) in [7, 11) is -3.54. The molecule has 0 bridgehead atoms. The standard InChI is InChI=1S/C14H14Br2N2O2S/c1-10-8-13(16)14(9-12(10)15)21(19,20)18-7-4-11-2-5-17-6-3-11/h2-3,5-6,8-9,18H,4,7H2,1H3. The Morgan fingerprint density at radius 2 is 1.81 bits per heavy atom. The highest BCUT2D eigenvalue weighted by molar-refractivity contribution is 9.11. The third-order valence-electron chi connectivity index (χ3n) is 2.96. The summed E-state index contributed by atoms with van der Waals surface area (Å²) in [6.07, 6.45) is 4.00. The summed E-state index contributed by atoms with van der Waals surface area (Å²) in [5, 5.41) is 0. The minimum atomic E-state index is -3.54. The molecule has 112 valence electrons. The third kappa shape index (κ3) is 4.35. The molecule has 0 fully saturated rings. The number of pyridine rings is 1. The van der Waals surface area contributed by atoms with E-state index in [1.54, 1.807) is 24.5 Å². The lowest BCUT2D eigenvalue weighted by Crippen LogP contribution is -2.26. The predicted octanol–water partition coefficient (Wildman–Crippen LogP) is 3.44. The van der Waals surface area contributed by atoms with Crippen molar-refractivity contribution in [3.05, 3.63) is 56.7 Å². The maximum Gasteiger partial charge on any atom is 0.241 e. The van der Waals surface area contributed by atoms with Gasteiger partial charge in [-0.3, -0.25) is 4.98 Å². The monoisotopic (exact) mass is 432 g/mol. The van der Waals surface area contributed by atoms with Crippen LogP contribution in [0.1, 0.15) is 11.1 Å². The fraction of sp³-hybridized carbons (Fsp3) is 0.214. The number of nitrogens with one attached hydrogen (secondary N) is 1. The largest absolute Gasteiger partial charge is 0.265 e. The van der Waals surface area contributed by atoms with Gasteiger partial charge in [-0.2, -0.15) is 0 Å². The zero-order chi connectivity index (χ0) is 15.5. The van der Waals surface area contributed by atoms with Crippen LogP contribution < -0.4 is 4.72 Å². The lowest BCUT2D eigenvalue weighted by Gasteiger charge is -2.10. The molecule has 0 radical (unpaired) electrons. The normalized spacial score (nSPS) is 11.6. The van der Waals surface area contributed by atoms with Gasteiger partial charge < -0.3 is 0 Å². The van der Waals surface area contributed by atoms with E-state index in [1.165, 1.54) is 0 Å². The fourth-order valence-corrected chi connectivity index (χ4v) is 4.50. The minimum Gasteiger partial charge on any atom is -0.265 e. The molecule has 0 amide bonds. The van der Waals surface area contributed by atoms with Crippen LogP contribution in [0.3, 0.4) is 0 Å². The molecule has 0 saturated carbocycles. The summed E-state index contributed by atoms with van der Waals surface area (Å²) in [6, 6.07) is 7.12. The number of sulfonamides is 1. The van der Waals surface area contributed by atoms with Crippen LogP contribution in [0, 0.1) is 6.92 Å². The van der Waals surface area contributed by atoms with Crippen LogP contribution in [0.15, 0.2) is 50.5 Å². The first-order valence-corrected chi connectivity index (χ1v) is 9.31. The molecule has 1 heterocycles. The van der Waals surface area contributed by atoms with Gasteiger partial charge in [-0.1, -0.05) is 15.9 Å². The molecule has 1 aromatic heterocycles. The molecule has 1 N–H and O–H groups in total. The van der Waals surface area contributed by atoms with Crippen molar-refractivity contribution in [2.75, 3.05) is 6.54 Å². The number of benzene rings is 1. The number of rotatable bonds is 5. The second kappa shape index (κ2) is 7.00. The summed E-state index contributed by atoms with van der Waals surface area (Å²) < 4.78 is 28.6. The molecule has 0 aliphatic heterocycles. The zero-order valence-electron chi connectivity index (χ0n) is 11.3. The first-order valence-electron chi connectivity index (χ1n) is 6.24. The number of hydrogen-bond acceptors (Lipinski definition) is 3. The molecule has 0 aliphatic carbocycles. The van der Waals surface area contributed by atoms with E-state index in [4.69, 9.17) is 0 Å². The van der Waals surface area contributed by atoms with Gasteiger partial charge in [0.1, 0.15) is 0 Å². The molecule has 0 unspecified atom stereocenters. The highest BCUT2D eigenvalue weighted by Gasteiger charge is 2.18. The van der Waals surface area contributed by atoms with Gasteiger partial charge in [0, 0.05) is 27.9 Å². The van der Waals surface area contributed by atoms with E-state index in [-0.39, 0.29) is 4.90 Å². The maximum absolute atomic E-state index is 12.3. The second-order valence-corrected chi connectivity index (χ2v) is 7.98. The zero-order valence-corrected chi connectivity index (χ0v) is 15.3. The lowest BCUT2D eigenvalue weighted by atomic mass is 10.2. The van der Waals surface area contributed by atoms with Crippen LogP contribution in [-0.4, -0.2) is 19.9 Å². The third-order valence-corrected chi connectivity index (χ3v) is 6.23. The van der Waals surface area contributed by atoms with Crippen molar-refractivity contribution in [3.63, 3.8) is 0 Å². The van der Waals surface area contributed by atoms with Gasteiger partial charge in [0.25, 0.3) is 0 Å². The van der Waals surface area contributed by atoms with E-state index in [1.807, 2.05) is 19.1 Å². The summed E-state index contributed by atoms with van der Waals surface area (Å²) in [5.74, 6) is 0. The Morgan fingerprint density at radius 1 is 1.14 bits per heavy atom. The van der Waals surface area contributed by atoms with Crippen molar-refractivity contribution in [1.82, 2.24) is 9.71 Å². The quantitative estimate of drug-likeness (QED) is 0.785. The van der Waals surface area contributed by atoms with Gasteiger partial charge in [-0.05, 0) is 64.7 Å². The van der Waals surface area contributed by atoms with Gasteiger partial charge >= 0.3 is 0 Å². The fourth-order valence-electron chi connectivity index (χ4n) is 1.79. The first-order chi connectivity index (χ1) is 9.90. The molecule has 2 rings (SSSR count). The molecule has 0 aliphatic rings. The molecular formula is C14H14Br2N2O2S. The molecule has 4 nitrogen and oxygen atoms in total. The van der Waals surface area contributed by atoms with Gasteiger partial charge in [0.05, 0.1) is 4.90 Å². The van der Waals surface area contributed by atoms with Crippen LogP contribution in [0.5, 0.6) is 0 Å². The molecular weight excluding hydrogens is 420 g/mol. The molecule has 0 spiro atoms. The van der Waals surface area contributed by atoms with Crippen molar-refractivity contribution in [2.24, 2.45) is 0 Å². The lowest BCUT2D eigenvalue weighted by molar-refractivity contribution is 0.581. The van der Waals surface area contributed by atoms with E-state index < -0.39 is 10.0 Å². The Labute approximate surface area is 141 Å². The Hall–Kier alpha value is -0.760. The van der Waals surface area contributed by atoms with Crippen LogP contribution in [-0.2, 0) is 16.4 Å². The van der Waals surface area contributed by atoms with E-state index in [0.29, 0.717) is 17.4 Å². The van der Waals surface area contributed by atoms with Gasteiger partial charge in [-0.15, -0.1) is 0 Å². The number of hydrogen-bond donors (Lipinski definition) is 1. The average Bonchev–Trinajstić information content (AvgIpc) is 2.43. The molecule has 0 atom stereocenters. The van der Waals surface area contributed by atoms with E-state index >= 15 is 0 Å². The molecule has 21 heavy (non-hydrogen) atoms. The van der Waals surface area contributed by atoms with Crippen molar-refractivity contribution >= 4 is 41.9 Å². The Morgan fingerprint density at radius 3 is 2.48 bits per heavy atom. The Kier molecular flexibility index (Phi) is 5.54. The van der Waals surface area contributed by atoms with E-state index in [2.05, 4.69) is 41.6 Å². The highest BCUT2D eigenvalue weighted by atomic mass is 79.9. The highest BCUT2D eigenvalue weighted by Crippen LogP contribution is 2.28. The van der Waals surface area contributed by atoms with Crippen molar-refractivity contribution in [2.45, 2.75) is 18.2 Å². The van der Waals surface area contributed by atoms with E-state index in [0.717, 1.165) is 15.6 Å². The number of aromatic nitrogens is 1. The van der Waals surface area contributed by atoms with Crippen molar-refractivity contribution in [1.29, 1.82) is 0 Å². The van der Waals surface area contributed by atoms with Crippen molar-refractivity contribution in [3.8, 4) is 0 Å². The number of halogens is 2. The summed E-state index contributed by atoms with van der Waals surface area (Å²) in [4.78, 5) is 4.16. The Balaban J connectivity index is 2.10. The summed E-state index contributed by atoms with van der Waals surface area (Å²) >= 11 is 6.66. The SMILES string of the molecule is Cc1cc(Br)c(S(=O)(=O)NCCc2ccncc2)cc1Br. The average molecular weight is 434 g/mol. The van der Waals surface area contributed by atoms with E-state index in [9.17, 15) is 8.42 Å². The topological polar surface area (TPSA) is 59.1 Å². The van der Waals surface area contributed by atoms with Gasteiger partial charge in [-0.25, -0.2) is 13.1 Å². The van der Waals surface area contributed by atoms with Gasteiger partial charge in [0.15, 0.2) is 0 Å². The van der Waals surface area contributed by atoms with Crippen LogP contribution in [0.2, 0.25) is 0 Å². The smallest absolute Gasteiger partial charge is 0.241 e. The first kappa shape index (κ1) is 16.6. The molecule has 1 aromatic carbocycles. The summed E-state index contributed by atoms with van der Waals surface area (Å²) in [5.41, 5.74) is 2.01. The minimum absolute atomic E-state index is 0.231. The number of aryl methyl sites for hydroxylation is 1. The molecule has 7 heteroatoms. The maximum atomic E-state index is 12.3. The van der Waals surface area contributed by atoms with Crippen LogP contribution >= 0.6 is 31.9 Å². The molecule has 2 aromatic rings. The number of nitrogens with zero attached hydrogens (tertiary/aromatic N) is 1. The van der Waals surface area contributed by atoms with Crippen LogP contribution in [0.25, 0.3) is 0 Å². The Bertz CT molecular complexity index is 734. The summed E-state index contributed by atoms with van der Waals surface area (Å²) in [6.45, 7) is 2.24.